The highest BCUT2D eigenvalue weighted by atomic mass is 16.7. The highest BCUT2D eigenvalue weighted by molar-refractivity contribution is 5.83. The molecule has 2 aliphatic heterocycles. The molecule has 0 aromatic carbocycles. The van der Waals surface area contributed by atoms with Crippen LogP contribution in [0.3, 0.4) is 0 Å². The fraction of sp³-hybridized carbons (Fsp3) is 0.911. The van der Waals surface area contributed by atoms with Gasteiger partial charge in [-0.3, -0.25) is 33.6 Å². The molecule has 2 saturated heterocycles. The van der Waals surface area contributed by atoms with Gasteiger partial charge in [0.2, 0.25) is 6.10 Å². The van der Waals surface area contributed by atoms with Gasteiger partial charge < -0.3 is 52.5 Å². The number of cyclic esters (lactones) is 1. The van der Waals surface area contributed by atoms with E-state index in [1.54, 1.807) is 27.7 Å². The Bertz CT molecular complexity index is 3340. The topological polar surface area (TPSA) is 266 Å². The lowest BCUT2D eigenvalue weighted by Crippen LogP contribution is -2.63. The van der Waals surface area contributed by atoms with Crippen molar-refractivity contribution in [2.45, 2.75) is 439 Å². The van der Waals surface area contributed by atoms with E-state index in [-0.39, 0.29) is 181 Å². The molecule has 18 bridgehead atoms. The summed E-state index contributed by atoms with van der Waals surface area (Å²) in [6.07, 6.45) is 29.1. The number of carbonyl (C=O) groups is 9. The molecule has 20 nitrogen and oxygen atoms in total. The first kappa shape index (κ1) is 112. The molecule has 0 amide bonds. The van der Waals surface area contributed by atoms with Gasteiger partial charge >= 0.3 is 53.7 Å². The van der Waals surface area contributed by atoms with Crippen molar-refractivity contribution in [1.82, 2.24) is 0 Å². The normalized spacial score (nSPS) is 36.5. The minimum atomic E-state index is -0.687. The van der Waals surface area contributed by atoms with Crippen LogP contribution in [0.15, 0.2) is 0 Å². The van der Waals surface area contributed by atoms with Crippen molar-refractivity contribution in [3.63, 3.8) is 0 Å². The maximum atomic E-state index is 13.6. The molecule has 11 unspecified atom stereocenters. The minimum Gasteiger partial charge on any atom is -0.463 e. The number of aliphatic hydroxyl groups is 1. The average molecular weight is 1720 g/mol. The summed E-state index contributed by atoms with van der Waals surface area (Å²) in [6, 6.07) is 0. The standard InChI is InChI=1S/C30H46O5.C19H32O2.C16H22O6.C16H26O3.C10H16O4.10CH4/c1-5-28(3,4)26(31)35-25-23-9-22-10-24(25)16-30(14-22,15-23)27(32)34-18(2)33-17-29-11-19-6-20(12-29)8-21(7-19)13-29;1-6-18(4,5)17(20)21-19(12(2)3)15-8-13-7-14(10-15)11-16(19)9-13;1-4-16(2,3)15(19)20-7-11(17)21-12-8-5-9-10(6-8)14(18)22-13(9)12;1-4-14(2,3)13(17)19-16-8-11-5-12(9-16)7-15(18,6-11)10-16;1-4-10(2,3)9(12)14-7-5-6-13-8(7)11;;;;;;;;;;/h18-25H,5-17H2,1-4H3;12-16H,6-11H2,1-5H3;8-10,12-13H,4-7H2,1-3H3;11-12,18H,4-10H2,1-3H3;7H,4-6H2,1-3H3;10*1H4. The van der Waals surface area contributed by atoms with Crippen molar-refractivity contribution in [2.75, 3.05) is 19.8 Å². The number of hydrogen-bond acceptors (Lipinski definition) is 20. The predicted octanol–water partition coefficient (Wildman–Crippen LogP) is 23.3. The molecule has 0 aromatic heterocycles. The molecular formula is C101H182O20. The van der Waals surface area contributed by atoms with Gasteiger partial charge in [0.05, 0.1) is 57.2 Å². The Balaban J connectivity index is 0.000000518. The zero-order chi connectivity index (χ0) is 80.7. The quantitative estimate of drug-likeness (QED) is 0.0566. The van der Waals surface area contributed by atoms with Gasteiger partial charge in [-0.25, -0.2) is 9.59 Å². The van der Waals surface area contributed by atoms with Crippen molar-refractivity contribution in [3.8, 4) is 0 Å². The van der Waals surface area contributed by atoms with Crippen molar-refractivity contribution in [3.05, 3.63) is 0 Å². The second kappa shape index (κ2) is 42.4. The number of fused-ring (bicyclic) bond motifs is 1. The van der Waals surface area contributed by atoms with Crippen LogP contribution in [-0.4, -0.2) is 126 Å². The Morgan fingerprint density at radius 2 is 0.893 bits per heavy atom. The van der Waals surface area contributed by atoms with E-state index in [0.29, 0.717) is 73.2 Å². The summed E-state index contributed by atoms with van der Waals surface area (Å²) in [4.78, 5) is 110. The van der Waals surface area contributed by atoms with Crippen LogP contribution in [0.1, 0.15) is 392 Å². The third-order valence-electron chi connectivity index (χ3n) is 32.1. The second-order valence-corrected chi connectivity index (χ2v) is 42.8. The first-order valence-corrected chi connectivity index (χ1v) is 44.1. The molecule has 18 saturated carbocycles. The van der Waals surface area contributed by atoms with Gasteiger partial charge in [-0.05, 0) is 338 Å². The van der Waals surface area contributed by atoms with Crippen LogP contribution in [0.25, 0.3) is 0 Å². The number of rotatable bonds is 23. The van der Waals surface area contributed by atoms with Crippen molar-refractivity contribution < 1.29 is 95.6 Å². The van der Waals surface area contributed by atoms with Crippen LogP contribution < -0.4 is 0 Å². The monoisotopic (exact) mass is 1720 g/mol. The summed E-state index contributed by atoms with van der Waals surface area (Å²) in [6.45, 7) is 36.1. The van der Waals surface area contributed by atoms with Crippen molar-refractivity contribution >= 4 is 53.7 Å². The van der Waals surface area contributed by atoms with E-state index in [4.69, 9.17) is 47.4 Å². The number of esters is 9. The smallest absolute Gasteiger partial charge is 0.347 e. The fourth-order valence-corrected chi connectivity index (χ4v) is 25.0. The molecule has 0 spiro atoms. The Morgan fingerprint density at radius 3 is 1.35 bits per heavy atom. The van der Waals surface area contributed by atoms with Crippen LogP contribution in [-0.2, 0) is 90.5 Å². The van der Waals surface area contributed by atoms with Crippen LogP contribution in [0, 0.1) is 133 Å². The van der Waals surface area contributed by atoms with E-state index in [0.717, 1.165) is 126 Å². The van der Waals surface area contributed by atoms with E-state index < -0.39 is 63.0 Å². The molecule has 20 heteroatoms. The maximum Gasteiger partial charge on any atom is 0.347 e. The van der Waals surface area contributed by atoms with Crippen molar-refractivity contribution in [1.29, 1.82) is 0 Å². The lowest BCUT2D eigenvalue weighted by Gasteiger charge is -2.62. The zero-order valence-electron chi connectivity index (χ0n) is 71.2. The molecule has 2 heterocycles. The molecule has 0 radical (unpaired) electrons. The SMILES string of the molecule is C.C.C.C.C.C.C.C.C.C.CCC(C)(C)C(=O)OC1(C(C)C)C2CC3CC(C2)CC1C3.CCC(C)(C)C(=O)OC12CC3CC(CC(O)(C3)C1)C2.CCC(C)(C)C(=O)OC1C2CC3CC1CC(C(=O)OC(C)OCC14CC5CC(CC(C5)C1)C4)(C3)C2.CCC(C)(C)C(=O)OC1CCOC1=O.CCC(C)(C)C(=O)OCC(=O)OC1C2CC3C(=O)OC1C3C2. The van der Waals surface area contributed by atoms with E-state index in [2.05, 4.69) is 20.8 Å². The molecule has 1 N–H and O–H groups in total. The highest BCUT2D eigenvalue weighted by Crippen LogP contribution is 2.66. The molecule has 20 rings (SSSR count). The van der Waals surface area contributed by atoms with Gasteiger partial charge in [-0.1, -0.05) is 123 Å². The van der Waals surface area contributed by atoms with Gasteiger partial charge in [0, 0.05) is 24.7 Å². The fourth-order valence-electron chi connectivity index (χ4n) is 25.0. The Labute approximate surface area is 737 Å². The predicted molar refractivity (Wildman–Crippen MR) is 481 cm³/mol. The van der Waals surface area contributed by atoms with E-state index in [9.17, 15) is 48.3 Å². The average Bonchev–Trinajstić information content (AvgIpc) is 1.64. The third-order valence-corrected chi connectivity index (χ3v) is 32.1. The van der Waals surface area contributed by atoms with Crippen molar-refractivity contribution in [2.24, 2.45) is 133 Å². The molecule has 20 aliphatic rings. The van der Waals surface area contributed by atoms with Gasteiger partial charge in [-0.15, -0.1) is 0 Å². The highest BCUT2D eigenvalue weighted by Gasteiger charge is 2.66. The number of carbonyl (C=O) groups excluding carboxylic acids is 9. The third kappa shape index (κ3) is 23.4. The lowest BCUT2D eigenvalue weighted by atomic mass is 9.47. The summed E-state index contributed by atoms with van der Waals surface area (Å²) in [5.74, 6) is 6.73. The molecular weight excluding hydrogens is 1530 g/mol. The van der Waals surface area contributed by atoms with Crippen LogP contribution in [0.2, 0.25) is 0 Å². The van der Waals surface area contributed by atoms with Crippen LogP contribution in [0.4, 0.5) is 0 Å². The zero-order valence-corrected chi connectivity index (χ0v) is 71.2. The molecule has 20 fully saturated rings. The van der Waals surface area contributed by atoms with Gasteiger partial charge in [0.1, 0.15) is 29.5 Å². The van der Waals surface area contributed by atoms with E-state index >= 15 is 0 Å². The summed E-state index contributed by atoms with van der Waals surface area (Å²) in [5, 5.41) is 10.6. The van der Waals surface area contributed by atoms with Crippen LogP contribution >= 0.6 is 0 Å². The first-order valence-electron chi connectivity index (χ1n) is 44.1. The Hall–Kier alpha value is -4.85. The number of hydrogen-bond donors (Lipinski definition) is 1. The Kier molecular flexibility index (Phi) is 39.3. The molecule has 18 aliphatic carbocycles. The largest absolute Gasteiger partial charge is 0.463 e. The Morgan fingerprint density at radius 1 is 0.455 bits per heavy atom. The van der Waals surface area contributed by atoms with E-state index in [1.165, 1.54) is 77.0 Å². The minimum absolute atomic E-state index is 0. The molecule has 0 aromatic rings. The summed E-state index contributed by atoms with van der Waals surface area (Å²) in [7, 11) is 0. The second-order valence-electron chi connectivity index (χ2n) is 42.8. The number of ether oxygens (including phenoxy) is 10. The van der Waals surface area contributed by atoms with E-state index in [1.807, 2.05) is 76.2 Å². The van der Waals surface area contributed by atoms with Crippen LogP contribution in [0.5, 0.6) is 0 Å². The summed E-state index contributed by atoms with van der Waals surface area (Å²) in [5.41, 5.74) is -3.50. The maximum absolute atomic E-state index is 13.6. The van der Waals surface area contributed by atoms with Gasteiger partial charge in [0.25, 0.3) is 0 Å². The van der Waals surface area contributed by atoms with Gasteiger partial charge in [0.15, 0.2) is 12.9 Å². The molecule has 121 heavy (non-hydrogen) atoms. The molecule has 11 atom stereocenters. The lowest BCUT2D eigenvalue weighted by molar-refractivity contribution is -0.231. The summed E-state index contributed by atoms with van der Waals surface area (Å²) < 4.78 is 56.3. The summed E-state index contributed by atoms with van der Waals surface area (Å²) >= 11 is 0. The van der Waals surface area contributed by atoms with Gasteiger partial charge in [-0.2, -0.15) is 0 Å². The first-order chi connectivity index (χ1) is 51.9. The molecule has 706 valence electrons.